The van der Waals surface area contributed by atoms with E-state index in [9.17, 15) is 9.59 Å². The SMILES string of the molecule is CC(C)C(=O)Nc1cccc(CNC(=O)c2csc(-c3ccsc3)n2)c1. The van der Waals surface area contributed by atoms with E-state index in [2.05, 4.69) is 15.6 Å². The molecule has 2 aromatic heterocycles. The Morgan fingerprint density at radius 1 is 1.19 bits per heavy atom. The lowest BCUT2D eigenvalue weighted by atomic mass is 10.1. The van der Waals surface area contributed by atoms with E-state index < -0.39 is 0 Å². The van der Waals surface area contributed by atoms with Crippen molar-refractivity contribution in [2.24, 2.45) is 5.92 Å². The summed E-state index contributed by atoms with van der Waals surface area (Å²) in [6.45, 7) is 4.06. The van der Waals surface area contributed by atoms with Gasteiger partial charge in [-0.2, -0.15) is 11.3 Å². The first-order valence-corrected chi connectivity index (χ1v) is 10.0. The molecule has 0 bridgehead atoms. The van der Waals surface area contributed by atoms with Crippen molar-refractivity contribution in [2.75, 3.05) is 5.32 Å². The Morgan fingerprint density at radius 2 is 2.04 bits per heavy atom. The van der Waals surface area contributed by atoms with Crippen LogP contribution in [0.4, 0.5) is 5.69 Å². The molecule has 3 aromatic rings. The Bertz CT molecular complexity index is 901. The van der Waals surface area contributed by atoms with Gasteiger partial charge in [-0.3, -0.25) is 9.59 Å². The highest BCUT2D eigenvalue weighted by Gasteiger charge is 2.12. The number of benzene rings is 1. The first-order valence-electron chi connectivity index (χ1n) is 8.19. The molecule has 0 spiro atoms. The van der Waals surface area contributed by atoms with E-state index >= 15 is 0 Å². The topological polar surface area (TPSA) is 71.1 Å². The average Bonchev–Trinajstić information content (AvgIpc) is 3.31. The predicted octanol–water partition coefficient (Wildman–Crippen LogP) is 4.40. The zero-order valence-electron chi connectivity index (χ0n) is 14.5. The highest BCUT2D eigenvalue weighted by atomic mass is 32.1. The van der Waals surface area contributed by atoms with Crippen molar-refractivity contribution >= 4 is 40.2 Å². The van der Waals surface area contributed by atoms with Gasteiger partial charge in [0.15, 0.2) is 0 Å². The van der Waals surface area contributed by atoms with Crippen molar-refractivity contribution < 1.29 is 9.59 Å². The van der Waals surface area contributed by atoms with Crippen LogP contribution in [0.2, 0.25) is 0 Å². The Labute approximate surface area is 160 Å². The molecule has 0 aliphatic rings. The van der Waals surface area contributed by atoms with Crippen molar-refractivity contribution in [3.63, 3.8) is 0 Å². The second kappa shape index (κ2) is 8.25. The second-order valence-corrected chi connectivity index (χ2v) is 7.72. The summed E-state index contributed by atoms with van der Waals surface area (Å²) >= 11 is 3.06. The fourth-order valence-electron chi connectivity index (χ4n) is 2.22. The molecule has 0 radical (unpaired) electrons. The number of thiophene rings is 1. The highest BCUT2D eigenvalue weighted by molar-refractivity contribution is 7.14. The second-order valence-electron chi connectivity index (χ2n) is 6.08. The van der Waals surface area contributed by atoms with Gasteiger partial charge < -0.3 is 10.6 Å². The van der Waals surface area contributed by atoms with Crippen LogP contribution in [-0.2, 0) is 11.3 Å². The van der Waals surface area contributed by atoms with Crippen LogP contribution >= 0.6 is 22.7 Å². The summed E-state index contributed by atoms with van der Waals surface area (Å²) in [4.78, 5) is 28.5. The van der Waals surface area contributed by atoms with Crippen molar-refractivity contribution in [1.29, 1.82) is 0 Å². The van der Waals surface area contributed by atoms with E-state index in [0.29, 0.717) is 12.2 Å². The van der Waals surface area contributed by atoms with Crippen molar-refractivity contribution in [3.8, 4) is 10.6 Å². The molecule has 7 heteroatoms. The van der Waals surface area contributed by atoms with Gasteiger partial charge in [-0.15, -0.1) is 11.3 Å². The number of anilines is 1. The van der Waals surface area contributed by atoms with Gasteiger partial charge in [-0.1, -0.05) is 26.0 Å². The quantitative estimate of drug-likeness (QED) is 0.661. The van der Waals surface area contributed by atoms with Gasteiger partial charge in [-0.05, 0) is 29.1 Å². The fraction of sp³-hybridized carbons (Fsp3) is 0.211. The lowest BCUT2D eigenvalue weighted by molar-refractivity contribution is -0.118. The third-order valence-corrected chi connectivity index (χ3v) is 5.25. The van der Waals surface area contributed by atoms with Gasteiger partial charge in [0.2, 0.25) is 5.91 Å². The smallest absolute Gasteiger partial charge is 0.271 e. The zero-order valence-corrected chi connectivity index (χ0v) is 16.1. The number of hydrogen-bond acceptors (Lipinski definition) is 5. The molecule has 0 saturated carbocycles. The Hall–Kier alpha value is -2.51. The van der Waals surface area contributed by atoms with E-state index in [1.54, 1.807) is 16.7 Å². The summed E-state index contributed by atoms with van der Waals surface area (Å²) in [6, 6.07) is 9.44. The van der Waals surface area contributed by atoms with E-state index in [0.717, 1.165) is 21.8 Å². The third-order valence-electron chi connectivity index (χ3n) is 3.68. The van der Waals surface area contributed by atoms with E-state index in [1.165, 1.54) is 11.3 Å². The maximum atomic E-state index is 12.3. The molecule has 26 heavy (non-hydrogen) atoms. The minimum absolute atomic E-state index is 0.0328. The van der Waals surface area contributed by atoms with Crippen LogP contribution in [0.15, 0.2) is 46.5 Å². The molecule has 5 nitrogen and oxygen atoms in total. The zero-order chi connectivity index (χ0) is 18.5. The molecule has 0 atom stereocenters. The normalized spacial score (nSPS) is 10.7. The minimum Gasteiger partial charge on any atom is -0.347 e. The number of thiazole rings is 1. The molecule has 2 amide bonds. The standard InChI is InChI=1S/C19H19N3O2S2/c1-12(2)17(23)21-15-5-3-4-13(8-15)9-20-18(24)16-11-26-19(22-16)14-6-7-25-10-14/h3-8,10-12H,9H2,1-2H3,(H,20,24)(H,21,23). The molecule has 0 fully saturated rings. The number of nitrogens with one attached hydrogen (secondary N) is 2. The predicted molar refractivity (Wildman–Crippen MR) is 107 cm³/mol. The third kappa shape index (κ3) is 4.56. The van der Waals surface area contributed by atoms with Crippen LogP contribution in [0.1, 0.15) is 29.9 Å². The molecule has 3 rings (SSSR count). The molecule has 134 valence electrons. The molecule has 2 heterocycles. The van der Waals surface area contributed by atoms with Gasteiger partial charge >= 0.3 is 0 Å². The molecule has 0 aliphatic carbocycles. The van der Waals surface area contributed by atoms with Crippen molar-refractivity contribution in [3.05, 3.63) is 57.7 Å². The number of rotatable bonds is 6. The lowest BCUT2D eigenvalue weighted by Gasteiger charge is -2.09. The molecule has 1 aromatic carbocycles. The number of nitrogens with zero attached hydrogens (tertiary/aromatic N) is 1. The number of carbonyl (C=O) groups excluding carboxylic acids is 2. The van der Waals surface area contributed by atoms with Gasteiger partial charge in [0.05, 0.1) is 0 Å². The van der Waals surface area contributed by atoms with E-state index in [1.807, 2.05) is 54.9 Å². The van der Waals surface area contributed by atoms with Crippen LogP contribution in [0.5, 0.6) is 0 Å². The van der Waals surface area contributed by atoms with Crippen LogP contribution in [-0.4, -0.2) is 16.8 Å². The molecule has 0 saturated heterocycles. The van der Waals surface area contributed by atoms with Gasteiger partial charge in [0, 0.05) is 34.5 Å². The maximum Gasteiger partial charge on any atom is 0.271 e. The molecule has 2 N–H and O–H groups in total. The fourth-order valence-corrected chi connectivity index (χ4v) is 3.73. The van der Waals surface area contributed by atoms with Crippen molar-refractivity contribution in [2.45, 2.75) is 20.4 Å². The molecule has 0 aliphatic heterocycles. The first kappa shape index (κ1) is 18.3. The summed E-state index contributed by atoms with van der Waals surface area (Å²) in [5, 5.41) is 12.3. The summed E-state index contributed by atoms with van der Waals surface area (Å²) in [6.07, 6.45) is 0. The van der Waals surface area contributed by atoms with E-state index in [-0.39, 0.29) is 17.7 Å². The Kier molecular flexibility index (Phi) is 5.80. The van der Waals surface area contributed by atoms with Crippen LogP contribution in [0, 0.1) is 5.92 Å². The van der Waals surface area contributed by atoms with Crippen LogP contribution in [0.25, 0.3) is 10.6 Å². The van der Waals surface area contributed by atoms with Gasteiger partial charge in [0.1, 0.15) is 10.7 Å². The van der Waals surface area contributed by atoms with Crippen molar-refractivity contribution in [1.82, 2.24) is 10.3 Å². The van der Waals surface area contributed by atoms with E-state index in [4.69, 9.17) is 0 Å². The monoisotopic (exact) mass is 385 g/mol. The maximum absolute atomic E-state index is 12.3. The minimum atomic E-state index is -0.209. The van der Waals surface area contributed by atoms with Gasteiger partial charge in [0.25, 0.3) is 5.91 Å². The number of amides is 2. The van der Waals surface area contributed by atoms with Crippen LogP contribution in [0.3, 0.4) is 0 Å². The number of carbonyl (C=O) groups is 2. The molecule has 0 unspecified atom stereocenters. The Balaban J connectivity index is 1.60. The average molecular weight is 386 g/mol. The first-order chi connectivity index (χ1) is 12.5. The summed E-state index contributed by atoms with van der Waals surface area (Å²) in [5.41, 5.74) is 3.09. The van der Waals surface area contributed by atoms with Gasteiger partial charge in [-0.25, -0.2) is 4.98 Å². The number of hydrogen-bond donors (Lipinski definition) is 2. The molecular weight excluding hydrogens is 366 g/mol. The largest absolute Gasteiger partial charge is 0.347 e. The Morgan fingerprint density at radius 3 is 2.77 bits per heavy atom. The van der Waals surface area contributed by atoms with Crippen LogP contribution < -0.4 is 10.6 Å². The lowest BCUT2D eigenvalue weighted by Crippen LogP contribution is -2.23. The summed E-state index contributed by atoms with van der Waals surface area (Å²) < 4.78 is 0. The molecular formula is C19H19N3O2S2. The summed E-state index contributed by atoms with van der Waals surface area (Å²) in [7, 11) is 0. The summed E-state index contributed by atoms with van der Waals surface area (Å²) in [5.74, 6) is -0.325. The number of aromatic nitrogens is 1. The highest BCUT2D eigenvalue weighted by Crippen LogP contribution is 2.25.